The van der Waals surface area contributed by atoms with Gasteiger partial charge >= 0.3 is 0 Å². The molecule has 1 aliphatic heterocycles. The Morgan fingerprint density at radius 3 is 3.00 bits per heavy atom. The molecule has 1 aliphatic rings. The van der Waals surface area contributed by atoms with E-state index < -0.39 is 0 Å². The van der Waals surface area contributed by atoms with Crippen molar-refractivity contribution in [2.45, 2.75) is 6.54 Å². The second-order valence-corrected chi connectivity index (χ2v) is 2.87. The van der Waals surface area contributed by atoms with Crippen molar-refractivity contribution in [3.8, 4) is 0 Å². The summed E-state index contributed by atoms with van der Waals surface area (Å²) in [4.78, 5) is 0. The summed E-state index contributed by atoms with van der Waals surface area (Å²) in [6, 6.07) is 8.44. The molecule has 0 amide bonds. The molecule has 1 heterocycles. The van der Waals surface area contributed by atoms with Crippen LogP contribution in [0.2, 0.25) is 0 Å². The van der Waals surface area contributed by atoms with Crippen LogP contribution in [0.15, 0.2) is 30.5 Å². The molecular formula is C10H12N2. The Morgan fingerprint density at radius 1 is 1.33 bits per heavy atom. The summed E-state index contributed by atoms with van der Waals surface area (Å²) in [6.45, 7) is 0.948. The lowest BCUT2D eigenvalue weighted by Crippen LogP contribution is -2.30. The lowest BCUT2D eigenvalue weighted by molar-refractivity contribution is 0.289. The summed E-state index contributed by atoms with van der Waals surface area (Å²) in [5.41, 5.74) is 5.78. The summed E-state index contributed by atoms with van der Waals surface area (Å²) < 4.78 is 0. The minimum absolute atomic E-state index is 0.948. The van der Waals surface area contributed by atoms with Crippen LogP contribution in [-0.4, -0.2) is 12.1 Å². The maximum absolute atomic E-state index is 3.09. The van der Waals surface area contributed by atoms with E-state index in [1.807, 2.05) is 7.05 Å². The van der Waals surface area contributed by atoms with Gasteiger partial charge in [0, 0.05) is 13.2 Å². The summed E-state index contributed by atoms with van der Waals surface area (Å²) in [5.74, 6) is 0. The predicted octanol–water partition coefficient (Wildman–Crippen LogP) is 1.61. The van der Waals surface area contributed by atoms with Gasteiger partial charge in [-0.1, -0.05) is 24.3 Å². The molecule has 0 bridgehead atoms. The molecule has 0 radical (unpaired) electrons. The normalized spacial score (nSPS) is 14.6. The molecule has 0 saturated carbocycles. The number of nitrogens with zero attached hydrogens (tertiary/aromatic N) is 1. The number of hydrogen-bond acceptors (Lipinski definition) is 2. The number of rotatable bonds is 1. The first-order valence-electron chi connectivity index (χ1n) is 4.10. The van der Waals surface area contributed by atoms with Crippen LogP contribution in [0, 0.1) is 0 Å². The third kappa shape index (κ3) is 1.21. The second-order valence-electron chi connectivity index (χ2n) is 2.87. The Morgan fingerprint density at radius 2 is 2.17 bits per heavy atom. The number of fused-ring (bicyclic) bond motifs is 1. The zero-order valence-corrected chi connectivity index (χ0v) is 7.12. The average molecular weight is 160 g/mol. The van der Waals surface area contributed by atoms with Crippen LogP contribution in [0.5, 0.6) is 0 Å². The van der Waals surface area contributed by atoms with E-state index in [9.17, 15) is 0 Å². The first-order chi connectivity index (χ1) is 5.90. The molecule has 0 unspecified atom stereocenters. The van der Waals surface area contributed by atoms with Crippen molar-refractivity contribution in [2.24, 2.45) is 0 Å². The highest BCUT2D eigenvalue weighted by Crippen LogP contribution is 2.17. The summed E-state index contributed by atoms with van der Waals surface area (Å²) in [6.07, 6.45) is 4.18. The van der Waals surface area contributed by atoms with Crippen LogP contribution >= 0.6 is 0 Å². The van der Waals surface area contributed by atoms with Gasteiger partial charge in [-0.05, 0) is 17.2 Å². The third-order valence-corrected chi connectivity index (χ3v) is 2.12. The van der Waals surface area contributed by atoms with Gasteiger partial charge in [-0.15, -0.1) is 0 Å². The summed E-state index contributed by atoms with van der Waals surface area (Å²) >= 11 is 0. The van der Waals surface area contributed by atoms with Crippen LogP contribution in [0.25, 0.3) is 6.08 Å². The van der Waals surface area contributed by atoms with Crippen molar-refractivity contribution in [1.29, 1.82) is 0 Å². The van der Waals surface area contributed by atoms with Crippen molar-refractivity contribution in [1.82, 2.24) is 10.4 Å². The molecule has 1 aromatic rings. The van der Waals surface area contributed by atoms with Crippen molar-refractivity contribution in [2.75, 3.05) is 7.05 Å². The lowest BCUT2D eigenvalue weighted by atomic mass is 10.1. The van der Waals surface area contributed by atoms with Crippen molar-refractivity contribution < 1.29 is 0 Å². The number of hydrogen-bond donors (Lipinski definition) is 1. The van der Waals surface area contributed by atoms with E-state index in [0.29, 0.717) is 0 Å². The van der Waals surface area contributed by atoms with Gasteiger partial charge in [0.1, 0.15) is 0 Å². The number of hydrazine groups is 1. The minimum atomic E-state index is 0.948. The Hall–Kier alpha value is -1.28. The summed E-state index contributed by atoms with van der Waals surface area (Å²) in [7, 11) is 1.93. The first kappa shape index (κ1) is 7.37. The average Bonchev–Trinajstić information content (AvgIpc) is 2.17. The highest BCUT2D eigenvalue weighted by molar-refractivity contribution is 5.55. The largest absolute Gasteiger partial charge is 0.311 e. The highest BCUT2D eigenvalue weighted by Gasteiger charge is 2.06. The van der Waals surface area contributed by atoms with Crippen molar-refractivity contribution in [3.05, 3.63) is 41.6 Å². The molecule has 2 heteroatoms. The maximum Gasteiger partial charge on any atom is 0.0593 e. The lowest BCUT2D eigenvalue weighted by Gasteiger charge is -2.23. The smallest absolute Gasteiger partial charge is 0.0593 e. The quantitative estimate of drug-likeness (QED) is 0.671. The monoisotopic (exact) mass is 160 g/mol. The standard InChI is InChI=1S/C10H12N2/c1-11-12-7-6-9-4-2-3-5-10(9)8-12/h2-7,11H,8H2,1H3. The van der Waals surface area contributed by atoms with E-state index in [2.05, 4.69) is 47.0 Å². The fourth-order valence-corrected chi connectivity index (χ4v) is 1.40. The topological polar surface area (TPSA) is 15.3 Å². The molecule has 1 N–H and O–H groups in total. The molecule has 12 heavy (non-hydrogen) atoms. The molecule has 62 valence electrons. The Balaban J connectivity index is 2.33. The van der Waals surface area contributed by atoms with Crippen LogP contribution in [-0.2, 0) is 6.54 Å². The SMILES string of the molecule is CNN1C=Cc2ccccc2C1. The van der Waals surface area contributed by atoms with Gasteiger partial charge in [-0.2, -0.15) is 0 Å². The summed E-state index contributed by atoms with van der Waals surface area (Å²) in [5, 5.41) is 2.06. The Labute approximate surface area is 72.5 Å². The van der Waals surface area contributed by atoms with E-state index in [-0.39, 0.29) is 0 Å². The van der Waals surface area contributed by atoms with Gasteiger partial charge in [-0.3, -0.25) is 0 Å². The van der Waals surface area contributed by atoms with E-state index in [1.54, 1.807) is 0 Å². The molecular weight excluding hydrogens is 148 g/mol. The number of benzene rings is 1. The third-order valence-electron chi connectivity index (χ3n) is 2.12. The fourth-order valence-electron chi connectivity index (χ4n) is 1.40. The molecule has 0 spiro atoms. The van der Waals surface area contributed by atoms with Crippen molar-refractivity contribution in [3.63, 3.8) is 0 Å². The molecule has 0 atom stereocenters. The molecule has 0 aromatic heterocycles. The maximum atomic E-state index is 3.09. The van der Waals surface area contributed by atoms with E-state index >= 15 is 0 Å². The second kappa shape index (κ2) is 2.99. The molecule has 2 nitrogen and oxygen atoms in total. The molecule has 0 saturated heterocycles. The van der Waals surface area contributed by atoms with Gasteiger partial charge in [0.05, 0.1) is 6.54 Å². The fraction of sp³-hybridized carbons (Fsp3) is 0.200. The molecule has 0 aliphatic carbocycles. The zero-order valence-electron chi connectivity index (χ0n) is 7.12. The zero-order chi connectivity index (χ0) is 8.39. The van der Waals surface area contributed by atoms with Crippen LogP contribution in [0.4, 0.5) is 0 Å². The van der Waals surface area contributed by atoms with Crippen LogP contribution in [0.1, 0.15) is 11.1 Å². The van der Waals surface area contributed by atoms with E-state index in [0.717, 1.165) is 6.54 Å². The highest BCUT2D eigenvalue weighted by atomic mass is 15.5. The first-order valence-corrected chi connectivity index (χ1v) is 4.10. The van der Waals surface area contributed by atoms with E-state index in [4.69, 9.17) is 0 Å². The Kier molecular flexibility index (Phi) is 1.84. The Bertz CT molecular complexity index is 304. The number of nitrogens with one attached hydrogen (secondary N) is 1. The van der Waals surface area contributed by atoms with Gasteiger partial charge < -0.3 is 5.01 Å². The van der Waals surface area contributed by atoms with Crippen molar-refractivity contribution >= 4 is 6.08 Å². The minimum Gasteiger partial charge on any atom is -0.311 e. The predicted molar refractivity (Wildman–Crippen MR) is 50.1 cm³/mol. The van der Waals surface area contributed by atoms with Crippen LogP contribution < -0.4 is 5.43 Å². The van der Waals surface area contributed by atoms with Gasteiger partial charge in [0.2, 0.25) is 0 Å². The van der Waals surface area contributed by atoms with E-state index in [1.165, 1.54) is 11.1 Å². The molecule has 2 rings (SSSR count). The van der Waals surface area contributed by atoms with Gasteiger partial charge in [0.25, 0.3) is 0 Å². The molecule has 1 aromatic carbocycles. The van der Waals surface area contributed by atoms with Crippen LogP contribution in [0.3, 0.4) is 0 Å². The van der Waals surface area contributed by atoms with Gasteiger partial charge in [0.15, 0.2) is 0 Å². The van der Waals surface area contributed by atoms with Gasteiger partial charge in [-0.25, -0.2) is 5.43 Å². The molecule has 0 fully saturated rings.